The molecule has 0 bridgehead atoms. The standard InChI is InChI=1S/C12H20N2O4S2/c1-12(10(15)16)7-18-5-9(12)14-11(17)13-4-8-6-19-2-3-20-8/h8-9H,2-7H2,1H3,(H,15,16)(H2,13,14,17). The number of nitrogens with one attached hydrogen (secondary N) is 2. The van der Waals surface area contributed by atoms with E-state index in [9.17, 15) is 14.7 Å². The molecule has 20 heavy (non-hydrogen) atoms. The van der Waals surface area contributed by atoms with Crippen LogP contribution in [0.3, 0.4) is 0 Å². The van der Waals surface area contributed by atoms with Crippen LogP contribution < -0.4 is 10.6 Å². The minimum atomic E-state index is -1.05. The Morgan fingerprint density at radius 1 is 1.45 bits per heavy atom. The third kappa shape index (κ3) is 3.73. The maximum Gasteiger partial charge on any atom is 0.315 e. The van der Waals surface area contributed by atoms with Crippen LogP contribution in [0, 0.1) is 5.41 Å². The topological polar surface area (TPSA) is 87.7 Å². The van der Waals surface area contributed by atoms with Crippen LogP contribution in [0.2, 0.25) is 0 Å². The summed E-state index contributed by atoms with van der Waals surface area (Å²) in [5.74, 6) is 2.39. The number of carbonyl (C=O) groups is 2. The fraction of sp³-hybridized carbons (Fsp3) is 0.833. The molecule has 8 heteroatoms. The van der Waals surface area contributed by atoms with E-state index in [1.54, 1.807) is 6.92 Å². The highest BCUT2D eigenvalue weighted by Crippen LogP contribution is 2.28. The molecule has 0 aromatic carbocycles. The SMILES string of the molecule is CC1(C(=O)O)COCC1NC(=O)NCC1CSCCS1. The molecule has 0 aliphatic carbocycles. The van der Waals surface area contributed by atoms with Crippen LogP contribution >= 0.6 is 23.5 Å². The molecule has 0 radical (unpaired) electrons. The second kappa shape index (κ2) is 6.91. The van der Waals surface area contributed by atoms with Gasteiger partial charge in [-0.3, -0.25) is 4.79 Å². The predicted octanol–water partition coefficient (Wildman–Crippen LogP) is 0.624. The predicted molar refractivity (Wildman–Crippen MR) is 80.5 cm³/mol. The average Bonchev–Trinajstić information content (AvgIpc) is 2.80. The van der Waals surface area contributed by atoms with Crippen LogP contribution in [-0.2, 0) is 9.53 Å². The van der Waals surface area contributed by atoms with Crippen molar-refractivity contribution in [3.63, 3.8) is 0 Å². The molecule has 0 aromatic heterocycles. The molecule has 3 unspecified atom stereocenters. The summed E-state index contributed by atoms with van der Waals surface area (Å²) in [4.78, 5) is 23.1. The van der Waals surface area contributed by atoms with Gasteiger partial charge in [-0.15, -0.1) is 0 Å². The van der Waals surface area contributed by atoms with E-state index in [2.05, 4.69) is 10.6 Å². The number of rotatable bonds is 4. The zero-order chi connectivity index (χ0) is 14.6. The van der Waals surface area contributed by atoms with Gasteiger partial charge in [0, 0.05) is 29.1 Å². The average molecular weight is 320 g/mol. The Labute approximate surface area is 126 Å². The summed E-state index contributed by atoms with van der Waals surface area (Å²) in [6, 6.07) is -0.808. The zero-order valence-electron chi connectivity index (χ0n) is 11.4. The maximum absolute atomic E-state index is 11.9. The fourth-order valence-electron chi connectivity index (χ4n) is 2.16. The van der Waals surface area contributed by atoms with Crippen molar-refractivity contribution in [2.75, 3.05) is 37.0 Å². The van der Waals surface area contributed by atoms with Gasteiger partial charge in [0.25, 0.3) is 0 Å². The molecule has 0 spiro atoms. The number of hydrogen-bond acceptors (Lipinski definition) is 5. The molecule has 0 saturated carbocycles. The number of thioether (sulfide) groups is 2. The van der Waals surface area contributed by atoms with Crippen molar-refractivity contribution < 1.29 is 19.4 Å². The monoisotopic (exact) mass is 320 g/mol. The molecule has 2 fully saturated rings. The molecule has 6 nitrogen and oxygen atoms in total. The highest BCUT2D eigenvalue weighted by Gasteiger charge is 2.47. The van der Waals surface area contributed by atoms with E-state index >= 15 is 0 Å². The van der Waals surface area contributed by atoms with Crippen LogP contribution in [0.4, 0.5) is 4.79 Å². The molecule has 2 amide bonds. The molecule has 0 aromatic rings. The number of carboxylic acid groups (broad SMARTS) is 1. The van der Waals surface area contributed by atoms with Crippen molar-refractivity contribution in [1.29, 1.82) is 0 Å². The van der Waals surface area contributed by atoms with Gasteiger partial charge in [-0.05, 0) is 6.92 Å². The number of amides is 2. The van der Waals surface area contributed by atoms with Gasteiger partial charge in [-0.1, -0.05) is 0 Å². The lowest BCUT2D eigenvalue weighted by Gasteiger charge is -2.26. The molecule has 3 atom stereocenters. The second-order valence-corrected chi connectivity index (χ2v) is 7.77. The Balaban J connectivity index is 1.77. The first-order valence-corrected chi connectivity index (χ1v) is 8.77. The van der Waals surface area contributed by atoms with Gasteiger partial charge in [0.15, 0.2) is 0 Å². The lowest BCUT2D eigenvalue weighted by molar-refractivity contribution is -0.148. The summed E-state index contributed by atoms with van der Waals surface area (Å²) in [5.41, 5.74) is -1.05. The molecule has 2 saturated heterocycles. The first-order chi connectivity index (χ1) is 9.52. The summed E-state index contributed by atoms with van der Waals surface area (Å²) in [5, 5.41) is 15.2. The van der Waals surface area contributed by atoms with E-state index in [1.165, 1.54) is 5.75 Å². The van der Waals surface area contributed by atoms with Crippen molar-refractivity contribution in [3.05, 3.63) is 0 Å². The highest BCUT2D eigenvalue weighted by molar-refractivity contribution is 8.06. The summed E-state index contributed by atoms with van der Waals surface area (Å²) in [6.07, 6.45) is 0. The number of carboxylic acids is 1. The van der Waals surface area contributed by atoms with Gasteiger partial charge >= 0.3 is 12.0 Å². The van der Waals surface area contributed by atoms with Gasteiger partial charge in [-0.25, -0.2) is 4.79 Å². The van der Waals surface area contributed by atoms with E-state index in [-0.39, 0.29) is 19.2 Å². The lowest BCUT2D eigenvalue weighted by atomic mass is 9.85. The van der Waals surface area contributed by atoms with Crippen molar-refractivity contribution in [2.45, 2.75) is 18.2 Å². The van der Waals surface area contributed by atoms with E-state index in [1.807, 2.05) is 23.5 Å². The first kappa shape index (κ1) is 15.8. The Bertz CT molecular complexity index is 376. The molecule has 2 heterocycles. The summed E-state index contributed by atoms with van der Waals surface area (Å²) in [6.45, 7) is 2.58. The Morgan fingerprint density at radius 3 is 2.90 bits per heavy atom. The number of carbonyl (C=O) groups excluding carboxylic acids is 1. The lowest BCUT2D eigenvalue weighted by Crippen LogP contribution is -2.53. The van der Waals surface area contributed by atoms with Crippen molar-refractivity contribution >= 4 is 35.5 Å². The van der Waals surface area contributed by atoms with Crippen LogP contribution in [0.5, 0.6) is 0 Å². The Hall–Kier alpha value is -0.600. The zero-order valence-corrected chi connectivity index (χ0v) is 13.0. The van der Waals surface area contributed by atoms with Crippen LogP contribution in [-0.4, -0.2) is 65.4 Å². The van der Waals surface area contributed by atoms with Gasteiger partial charge < -0.3 is 20.5 Å². The summed E-state index contributed by atoms with van der Waals surface area (Å²) in [7, 11) is 0. The molecule has 114 valence electrons. The van der Waals surface area contributed by atoms with Gasteiger partial charge in [0.1, 0.15) is 5.41 Å². The smallest absolute Gasteiger partial charge is 0.315 e. The van der Waals surface area contributed by atoms with Crippen LogP contribution in [0.1, 0.15) is 6.92 Å². The van der Waals surface area contributed by atoms with Crippen LogP contribution in [0.15, 0.2) is 0 Å². The summed E-state index contributed by atoms with van der Waals surface area (Å²) >= 11 is 3.77. The molecular formula is C12H20N2O4S2. The number of hydrogen-bond donors (Lipinski definition) is 3. The van der Waals surface area contributed by atoms with E-state index < -0.39 is 17.4 Å². The van der Waals surface area contributed by atoms with E-state index in [4.69, 9.17) is 4.74 Å². The summed E-state index contributed by atoms with van der Waals surface area (Å²) < 4.78 is 5.20. The molecule has 3 N–H and O–H groups in total. The van der Waals surface area contributed by atoms with Gasteiger partial charge in [0.05, 0.1) is 19.3 Å². The minimum Gasteiger partial charge on any atom is -0.481 e. The largest absolute Gasteiger partial charge is 0.481 e. The molecule has 2 aliphatic heterocycles. The number of aliphatic carboxylic acids is 1. The second-order valence-electron chi connectivity index (χ2n) is 5.21. The van der Waals surface area contributed by atoms with Crippen molar-refractivity contribution in [1.82, 2.24) is 10.6 Å². The third-order valence-corrected chi connectivity index (χ3v) is 6.47. The van der Waals surface area contributed by atoms with E-state index in [0.717, 1.165) is 11.5 Å². The van der Waals surface area contributed by atoms with Crippen molar-refractivity contribution in [2.24, 2.45) is 5.41 Å². The molecule has 2 aliphatic rings. The van der Waals surface area contributed by atoms with Crippen LogP contribution in [0.25, 0.3) is 0 Å². The minimum absolute atomic E-state index is 0.127. The molecular weight excluding hydrogens is 300 g/mol. The van der Waals surface area contributed by atoms with Gasteiger partial charge in [0.2, 0.25) is 0 Å². The molecule has 2 rings (SSSR count). The number of ether oxygens (including phenoxy) is 1. The highest BCUT2D eigenvalue weighted by atomic mass is 32.2. The first-order valence-electron chi connectivity index (χ1n) is 6.57. The normalized spacial score (nSPS) is 33.6. The number of urea groups is 1. The Morgan fingerprint density at radius 2 is 2.25 bits per heavy atom. The quantitative estimate of drug-likeness (QED) is 0.704. The Kier molecular flexibility index (Phi) is 5.45. The maximum atomic E-state index is 11.9. The fourth-order valence-corrected chi connectivity index (χ4v) is 4.77. The van der Waals surface area contributed by atoms with Crippen molar-refractivity contribution in [3.8, 4) is 0 Å². The van der Waals surface area contributed by atoms with Gasteiger partial charge in [-0.2, -0.15) is 23.5 Å². The van der Waals surface area contributed by atoms with E-state index in [0.29, 0.717) is 11.8 Å². The third-order valence-electron chi connectivity index (χ3n) is 3.62.